The molecule has 0 aromatic rings. The monoisotopic (exact) mass is 185 g/mol. The Morgan fingerprint density at radius 2 is 2.25 bits per heavy atom. The fourth-order valence-corrected chi connectivity index (χ4v) is 3.35. The number of thioether (sulfide) groups is 1. The Bertz CT molecular complexity index is 187. The van der Waals surface area contributed by atoms with E-state index in [2.05, 4.69) is 5.32 Å². The lowest BCUT2D eigenvalue weighted by molar-refractivity contribution is -0.121. The summed E-state index contributed by atoms with van der Waals surface area (Å²) in [6.45, 7) is 1.01. The molecular formula is C9H15NOS. The van der Waals surface area contributed by atoms with Crippen LogP contribution >= 0.6 is 11.8 Å². The summed E-state index contributed by atoms with van der Waals surface area (Å²) in [5, 5.41) is 3.38. The molecule has 0 amide bonds. The van der Waals surface area contributed by atoms with Crippen LogP contribution in [0.25, 0.3) is 0 Å². The Labute approximate surface area is 77.5 Å². The first-order chi connectivity index (χ1) is 5.83. The molecule has 2 fully saturated rings. The Kier molecular flexibility index (Phi) is 2.42. The van der Waals surface area contributed by atoms with Crippen molar-refractivity contribution >= 4 is 17.5 Å². The van der Waals surface area contributed by atoms with Crippen LogP contribution < -0.4 is 5.32 Å². The van der Waals surface area contributed by atoms with Crippen molar-refractivity contribution in [2.24, 2.45) is 0 Å². The van der Waals surface area contributed by atoms with Gasteiger partial charge in [-0.2, -0.15) is 0 Å². The molecule has 1 atom stereocenters. The zero-order valence-electron chi connectivity index (χ0n) is 7.27. The summed E-state index contributed by atoms with van der Waals surface area (Å²) >= 11 is 1.83. The summed E-state index contributed by atoms with van der Waals surface area (Å²) < 4.78 is 0. The molecule has 68 valence electrons. The van der Waals surface area contributed by atoms with Crippen molar-refractivity contribution in [3.05, 3.63) is 0 Å². The van der Waals surface area contributed by atoms with Crippen LogP contribution in [0.1, 0.15) is 32.1 Å². The third kappa shape index (κ3) is 1.40. The molecule has 1 unspecified atom stereocenters. The van der Waals surface area contributed by atoms with E-state index < -0.39 is 0 Å². The van der Waals surface area contributed by atoms with Crippen LogP contribution in [0.3, 0.4) is 0 Å². The maximum atomic E-state index is 11.8. The van der Waals surface area contributed by atoms with Crippen molar-refractivity contribution in [3.8, 4) is 0 Å². The Morgan fingerprint density at radius 1 is 1.33 bits per heavy atom. The van der Waals surface area contributed by atoms with E-state index in [1.54, 1.807) is 0 Å². The number of carbonyl (C=O) groups is 1. The fourth-order valence-electron chi connectivity index (χ4n) is 2.05. The number of Topliss-reactive ketones (excluding diaryl/α,β-unsaturated/α-hetero) is 1. The second-order valence-corrected chi connectivity index (χ2v) is 4.98. The minimum Gasteiger partial charge on any atom is -0.297 e. The van der Waals surface area contributed by atoms with Crippen LogP contribution in [0.5, 0.6) is 0 Å². The van der Waals surface area contributed by atoms with E-state index in [1.165, 1.54) is 12.8 Å². The number of hydrogen-bond donors (Lipinski definition) is 1. The van der Waals surface area contributed by atoms with E-state index in [4.69, 9.17) is 0 Å². The van der Waals surface area contributed by atoms with Crippen molar-refractivity contribution in [1.29, 1.82) is 0 Å². The van der Waals surface area contributed by atoms with Gasteiger partial charge in [-0.1, -0.05) is 12.8 Å². The van der Waals surface area contributed by atoms with E-state index >= 15 is 0 Å². The third-order valence-electron chi connectivity index (χ3n) is 2.74. The molecule has 1 heterocycles. The molecule has 1 saturated heterocycles. The highest BCUT2D eigenvalue weighted by atomic mass is 32.2. The van der Waals surface area contributed by atoms with Crippen molar-refractivity contribution < 1.29 is 4.79 Å². The highest BCUT2D eigenvalue weighted by Crippen LogP contribution is 2.36. The lowest BCUT2D eigenvalue weighted by Crippen LogP contribution is -2.44. The molecule has 2 rings (SSSR count). The Balaban J connectivity index is 2.13. The van der Waals surface area contributed by atoms with Gasteiger partial charge >= 0.3 is 0 Å². The van der Waals surface area contributed by atoms with Crippen LogP contribution in [0.2, 0.25) is 0 Å². The molecule has 0 bridgehead atoms. The van der Waals surface area contributed by atoms with Gasteiger partial charge in [-0.15, -0.1) is 11.8 Å². The molecule has 1 aliphatic carbocycles. The predicted octanol–water partition coefficient (Wildman–Crippen LogP) is 1.55. The quantitative estimate of drug-likeness (QED) is 0.621. The van der Waals surface area contributed by atoms with Crippen molar-refractivity contribution in [3.63, 3.8) is 0 Å². The topological polar surface area (TPSA) is 29.1 Å². The summed E-state index contributed by atoms with van der Waals surface area (Å²) in [5.41, 5.74) is 0. The average Bonchev–Trinajstić information content (AvgIpc) is 2.45. The van der Waals surface area contributed by atoms with E-state index in [0.29, 0.717) is 5.78 Å². The first kappa shape index (κ1) is 8.57. The molecule has 1 N–H and O–H groups in total. The second kappa shape index (κ2) is 3.38. The molecule has 1 saturated carbocycles. The number of nitrogens with one attached hydrogen (secondary N) is 1. The highest BCUT2D eigenvalue weighted by Gasteiger charge is 2.41. The van der Waals surface area contributed by atoms with E-state index in [1.807, 2.05) is 11.8 Å². The molecule has 1 aliphatic heterocycles. The molecule has 2 aliphatic rings. The molecule has 2 nitrogen and oxygen atoms in total. The van der Waals surface area contributed by atoms with Gasteiger partial charge in [0.2, 0.25) is 0 Å². The lowest BCUT2D eigenvalue weighted by atomic mass is 10.1. The smallest absolute Gasteiger partial charge is 0.163 e. The highest BCUT2D eigenvalue weighted by molar-refractivity contribution is 8.01. The molecule has 3 heteroatoms. The van der Waals surface area contributed by atoms with Gasteiger partial charge in [-0.3, -0.25) is 10.1 Å². The summed E-state index contributed by atoms with van der Waals surface area (Å²) in [5.74, 6) is 1.55. The molecule has 12 heavy (non-hydrogen) atoms. The minimum absolute atomic E-state index is 0.156. The molecule has 0 aromatic carbocycles. The van der Waals surface area contributed by atoms with Gasteiger partial charge in [0.05, 0.1) is 0 Å². The summed E-state index contributed by atoms with van der Waals surface area (Å²) in [4.78, 5) is 11.6. The minimum atomic E-state index is -0.156. The van der Waals surface area contributed by atoms with Gasteiger partial charge in [0.15, 0.2) is 5.78 Å². The standard InChI is InChI=1S/C9H15NOS/c11-8-4-2-1-3-5-9(8)10-6-7-12-9/h10H,1-7H2. The van der Waals surface area contributed by atoms with E-state index in [9.17, 15) is 4.79 Å². The first-order valence-corrected chi connectivity index (χ1v) is 5.74. The Hall–Kier alpha value is -0.0200. The van der Waals surface area contributed by atoms with Gasteiger partial charge in [0.25, 0.3) is 0 Å². The molecule has 0 radical (unpaired) electrons. The number of carbonyl (C=O) groups excluding carboxylic acids is 1. The SMILES string of the molecule is O=C1CCCCCC12NCCS2. The average molecular weight is 185 g/mol. The fraction of sp³-hybridized carbons (Fsp3) is 0.889. The predicted molar refractivity (Wildman–Crippen MR) is 51.3 cm³/mol. The van der Waals surface area contributed by atoms with Crippen molar-refractivity contribution in [2.45, 2.75) is 37.0 Å². The maximum absolute atomic E-state index is 11.8. The molecule has 0 aromatic heterocycles. The van der Waals surface area contributed by atoms with Crippen molar-refractivity contribution in [2.75, 3.05) is 12.3 Å². The maximum Gasteiger partial charge on any atom is 0.163 e. The van der Waals surface area contributed by atoms with Crippen LogP contribution in [-0.2, 0) is 4.79 Å². The van der Waals surface area contributed by atoms with Gasteiger partial charge < -0.3 is 0 Å². The van der Waals surface area contributed by atoms with Crippen LogP contribution in [-0.4, -0.2) is 23.0 Å². The van der Waals surface area contributed by atoms with Gasteiger partial charge in [0, 0.05) is 18.7 Å². The lowest BCUT2D eigenvalue weighted by Gasteiger charge is -2.24. The second-order valence-electron chi connectivity index (χ2n) is 3.59. The normalized spacial score (nSPS) is 37.2. The van der Waals surface area contributed by atoms with Crippen molar-refractivity contribution in [1.82, 2.24) is 5.32 Å². The van der Waals surface area contributed by atoms with E-state index in [0.717, 1.165) is 31.6 Å². The number of rotatable bonds is 0. The number of ketones is 1. The zero-order valence-corrected chi connectivity index (χ0v) is 8.08. The van der Waals surface area contributed by atoms with Crippen LogP contribution in [0.4, 0.5) is 0 Å². The van der Waals surface area contributed by atoms with E-state index in [-0.39, 0.29) is 4.87 Å². The van der Waals surface area contributed by atoms with Crippen LogP contribution in [0.15, 0.2) is 0 Å². The largest absolute Gasteiger partial charge is 0.297 e. The summed E-state index contributed by atoms with van der Waals surface area (Å²) in [6.07, 6.45) is 5.39. The third-order valence-corrected chi connectivity index (χ3v) is 4.22. The van der Waals surface area contributed by atoms with Gasteiger partial charge in [0.1, 0.15) is 4.87 Å². The van der Waals surface area contributed by atoms with Gasteiger partial charge in [-0.05, 0) is 12.8 Å². The first-order valence-electron chi connectivity index (χ1n) is 4.76. The summed E-state index contributed by atoms with van der Waals surface area (Å²) in [6, 6.07) is 0. The van der Waals surface area contributed by atoms with Crippen LogP contribution in [0, 0.1) is 0 Å². The Morgan fingerprint density at radius 3 is 3.00 bits per heavy atom. The summed E-state index contributed by atoms with van der Waals surface area (Å²) in [7, 11) is 0. The molecule has 1 spiro atoms. The zero-order chi connectivity index (χ0) is 8.44. The van der Waals surface area contributed by atoms with Gasteiger partial charge in [-0.25, -0.2) is 0 Å². The molecular weight excluding hydrogens is 170 g/mol. The number of hydrogen-bond acceptors (Lipinski definition) is 3.